The summed E-state index contributed by atoms with van der Waals surface area (Å²) in [7, 11) is 0. The number of benzene rings is 1. The Morgan fingerprint density at radius 2 is 1.85 bits per heavy atom. The molecule has 3 fully saturated rings. The molecule has 12 heteroatoms. The van der Waals surface area contributed by atoms with Gasteiger partial charge < -0.3 is 15.0 Å². The Kier molecular flexibility index (Phi) is 5.51. The minimum Gasteiger partial charge on any atom is -0.508 e. The summed E-state index contributed by atoms with van der Waals surface area (Å²) in [5, 5.41) is 14.6. The number of phenols is 1. The number of rotatable bonds is 6. The van der Waals surface area contributed by atoms with Crippen LogP contribution >= 0.6 is 0 Å². The molecule has 7 heterocycles. The van der Waals surface area contributed by atoms with Gasteiger partial charge in [-0.15, -0.1) is 0 Å². The predicted molar refractivity (Wildman–Crippen MR) is 138 cm³/mol. The first-order valence-electron chi connectivity index (χ1n) is 12.5. The van der Waals surface area contributed by atoms with E-state index >= 15 is 0 Å². The van der Waals surface area contributed by atoms with Gasteiger partial charge in [0.2, 0.25) is 0 Å². The monoisotopic (exact) mass is 532 g/mol. The summed E-state index contributed by atoms with van der Waals surface area (Å²) in [5.41, 5.74) is 3.83. The van der Waals surface area contributed by atoms with Crippen molar-refractivity contribution in [2.45, 2.75) is 31.6 Å². The van der Waals surface area contributed by atoms with Crippen LogP contribution < -0.4 is 4.90 Å². The highest BCUT2D eigenvalue weighted by Gasteiger charge is 2.44. The number of piperazine rings is 1. The number of aromatic nitrogens is 6. The standard InChI is InChI=1S/C27H23F3N8O/c28-18-2-3-23(39)16(5-18)10-37-19-6-20(37)13-36(12-19)24-4-1-15(8-31-24)25-21-7-22(35-26(21)33-14-32-25)17-9-34-38(11-17)27(29)30/h1-5,7-9,11,14,19-20,27,39H,6,10,12-13H2,(H,32,33,35). The lowest BCUT2D eigenvalue weighted by Gasteiger charge is -2.56. The van der Waals surface area contributed by atoms with Crippen LogP contribution in [0.3, 0.4) is 0 Å². The number of nitrogens with zero attached hydrogens (tertiary/aromatic N) is 7. The number of phenolic OH excluding ortho intramolecular Hbond substituents is 1. The highest BCUT2D eigenvalue weighted by Crippen LogP contribution is 2.37. The molecule has 8 rings (SSSR count). The number of alkyl halides is 2. The zero-order valence-electron chi connectivity index (χ0n) is 20.5. The molecule has 2 bridgehead atoms. The van der Waals surface area contributed by atoms with Crippen molar-refractivity contribution in [2.75, 3.05) is 18.0 Å². The Hall–Kier alpha value is -4.45. The van der Waals surface area contributed by atoms with Crippen molar-refractivity contribution in [3.8, 4) is 28.3 Å². The van der Waals surface area contributed by atoms with Crippen molar-refractivity contribution in [1.82, 2.24) is 34.6 Å². The largest absolute Gasteiger partial charge is 0.508 e. The molecule has 4 aromatic heterocycles. The zero-order valence-corrected chi connectivity index (χ0v) is 20.5. The second kappa shape index (κ2) is 9.09. The van der Waals surface area contributed by atoms with Gasteiger partial charge in [0.1, 0.15) is 29.4 Å². The Balaban J connectivity index is 1.08. The molecule has 0 amide bonds. The molecule has 2 N–H and O–H groups in total. The number of pyridine rings is 1. The van der Waals surface area contributed by atoms with E-state index in [9.17, 15) is 18.3 Å². The summed E-state index contributed by atoms with van der Waals surface area (Å²) in [4.78, 5) is 21.2. The average molecular weight is 533 g/mol. The average Bonchev–Trinajstić information content (AvgIpc) is 3.61. The molecule has 9 nitrogen and oxygen atoms in total. The van der Waals surface area contributed by atoms with Crippen molar-refractivity contribution in [3.05, 3.63) is 72.7 Å². The van der Waals surface area contributed by atoms with Crippen LogP contribution in [-0.4, -0.2) is 64.9 Å². The molecule has 2 atom stereocenters. The van der Waals surface area contributed by atoms with Crippen molar-refractivity contribution >= 4 is 16.9 Å². The fourth-order valence-electron chi connectivity index (χ4n) is 5.63. The van der Waals surface area contributed by atoms with E-state index in [1.54, 1.807) is 6.20 Å². The van der Waals surface area contributed by atoms with Crippen molar-refractivity contribution in [3.63, 3.8) is 0 Å². The summed E-state index contributed by atoms with van der Waals surface area (Å²) in [5.74, 6) is 0.632. The van der Waals surface area contributed by atoms with E-state index in [0.717, 1.165) is 36.3 Å². The molecule has 3 saturated heterocycles. The summed E-state index contributed by atoms with van der Waals surface area (Å²) in [6, 6.07) is 10.4. The van der Waals surface area contributed by atoms with Gasteiger partial charge in [0.15, 0.2) is 0 Å². The third kappa shape index (κ3) is 4.16. The Labute approximate surface area is 220 Å². The van der Waals surface area contributed by atoms with Gasteiger partial charge in [0.25, 0.3) is 0 Å². The smallest absolute Gasteiger partial charge is 0.333 e. The first-order chi connectivity index (χ1) is 18.9. The molecule has 0 saturated carbocycles. The van der Waals surface area contributed by atoms with Crippen molar-refractivity contribution < 1.29 is 18.3 Å². The molecule has 3 aliphatic rings. The van der Waals surface area contributed by atoms with Crippen LogP contribution in [0.5, 0.6) is 5.75 Å². The lowest BCUT2D eigenvalue weighted by Crippen LogP contribution is -2.68. The van der Waals surface area contributed by atoms with Crippen LogP contribution in [0.2, 0.25) is 0 Å². The topological polar surface area (TPSA) is 99.0 Å². The maximum absolute atomic E-state index is 13.7. The fourth-order valence-corrected chi connectivity index (χ4v) is 5.63. The van der Waals surface area contributed by atoms with Crippen molar-refractivity contribution in [1.29, 1.82) is 0 Å². The second-order valence-corrected chi connectivity index (χ2v) is 9.95. The predicted octanol–water partition coefficient (Wildman–Crippen LogP) is 4.59. The first-order valence-corrected chi connectivity index (χ1v) is 12.5. The SMILES string of the molecule is Oc1ccc(F)cc1CN1C2CC1CN(c1ccc(-c3ncnc4[nH]c(-c5cnn(C(F)F)c5)cc34)cn1)C2. The van der Waals surface area contributed by atoms with E-state index in [4.69, 9.17) is 4.98 Å². The summed E-state index contributed by atoms with van der Waals surface area (Å²) < 4.78 is 40.2. The number of halogens is 3. The van der Waals surface area contributed by atoms with Gasteiger partial charge in [-0.25, -0.2) is 24.0 Å². The lowest BCUT2D eigenvalue weighted by molar-refractivity contribution is -0.00921. The van der Waals surface area contributed by atoms with E-state index in [1.165, 1.54) is 36.9 Å². The molecule has 2 unspecified atom stereocenters. The molecule has 198 valence electrons. The normalized spacial score (nSPS) is 19.1. The molecule has 0 radical (unpaired) electrons. The maximum Gasteiger partial charge on any atom is 0.333 e. The van der Waals surface area contributed by atoms with Gasteiger partial charge in [0.05, 0.1) is 17.6 Å². The van der Waals surface area contributed by atoms with Gasteiger partial charge in [-0.3, -0.25) is 4.90 Å². The van der Waals surface area contributed by atoms with Crippen molar-refractivity contribution in [2.24, 2.45) is 0 Å². The number of anilines is 1. The molecule has 0 aliphatic carbocycles. The number of piperidine rings is 1. The Morgan fingerprint density at radius 3 is 2.59 bits per heavy atom. The number of aromatic amines is 1. The minimum absolute atomic E-state index is 0.118. The van der Waals surface area contributed by atoms with E-state index in [-0.39, 0.29) is 11.6 Å². The second-order valence-electron chi connectivity index (χ2n) is 9.95. The van der Waals surface area contributed by atoms with Crippen LogP contribution in [0.4, 0.5) is 19.0 Å². The highest BCUT2D eigenvalue weighted by atomic mass is 19.3. The molecular weight excluding hydrogens is 509 g/mol. The molecule has 5 aromatic rings. The van der Waals surface area contributed by atoms with Gasteiger partial charge in [-0.05, 0) is 42.8 Å². The number of hydrogen-bond donors (Lipinski definition) is 2. The molecule has 0 spiro atoms. The van der Waals surface area contributed by atoms with E-state index in [0.29, 0.717) is 51.5 Å². The molecular formula is C27H23F3N8O. The Morgan fingerprint density at radius 1 is 1.00 bits per heavy atom. The number of fused-ring (bicyclic) bond motifs is 3. The van der Waals surface area contributed by atoms with Gasteiger partial charge >= 0.3 is 6.55 Å². The van der Waals surface area contributed by atoms with Crippen LogP contribution in [0.25, 0.3) is 33.5 Å². The maximum atomic E-state index is 13.7. The lowest BCUT2D eigenvalue weighted by atomic mass is 9.86. The van der Waals surface area contributed by atoms with Crippen LogP contribution in [0.1, 0.15) is 18.5 Å². The van der Waals surface area contributed by atoms with Gasteiger partial charge in [-0.2, -0.15) is 13.9 Å². The number of nitrogens with one attached hydrogen (secondary N) is 1. The van der Waals surface area contributed by atoms with Crippen LogP contribution in [0.15, 0.2) is 61.3 Å². The number of aromatic hydroxyl groups is 1. The third-order valence-corrected chi connectivity index (χ3v) is 7.62. The minimum atomic E-state index is -2.71. The van der Waals surface area contributed by atoms with E-state index in [1.807, 2.05) is 18.2 Å². The van der Waals surface area contributed by atoms with E-state index in [2.05, 4.69) is 29.9 Å². The summed E-state index contributed by atoms with van der Waals surface area (Å²) in [6.07, 6.45) is 6.96. The number of hydrogen-bond acceptors (Lipinski definition) is 7. The van der Waals surface area contributed by atoms with Gasteiger partial charge in [-0.1, -0.05) is 0 Å². The third-order valence-electron chi connectivity index (χ3n) is 7.62. The molecule has 3 aliphatic heterocycles. The quantitative estimate of drug-likeness (QED) is 0.330. The summed E-state index contributed by atoms with van der Waals surface area (Å²) in [6.45, 7) is -0.600. The summed E-state index contributed by atoms with van der Waals surface area (Å²) >= 11 is 0. The fraction of sp³-hybridized carbons (Fsp3) is 0.259. The molecule has 39 heavy (non-hydrogen) atoms. The zero-order chi connectivity index (χ0) is 26.7. The Bertz CT molecular complexity index is 1660. The highest BCUT2D eigenvalue weighted by molar-refractivity contribution is 5.94. The first kappa shape index (κ1) is 23.7. The van der Waals surface area contributed by atoms with Crippen LogP contribution in [0, 0.1) is 5.82 Å². The van der Waals surface area contributed by atoms with E-state index < -0.39 is 6.55 Å². The van der Waals surface area contributed by atoms with Gasteiger partial charge in [0, 0.05) is 66.2 Å². The molecule has 1 aromatic carbocycles. The number of H-pyrrole nitrogens is 1. The van der Waals surface area contributed by atoms with Crippen LogP contribution in [-0.2, 0) is 6.54 Å².